The summed E-state index contributed by atoms with van der Waals surface area (Å²) in [6.45, 7) is 4.79. The summed E-state index contributed by atoms with van der Waals surface area (Å²) in [5, 5.41) is 0. The van der Waals surface area contributed by atoms with Gasteiger partial charge in [-0.15, -0.1) is 0 Å². The van der Waals surface area contributed by atoms with Gasteiger partial charge in [-0.1, -0.05) is 25.1 Å². The van der Waals surface area contributed by atoms with E-state index >= 15 is 0 Å². The summed E-state index contributed by atoms with van der Waals surface area (Å²) in [5.41, 5.74) is 3.29. The van der Waals surface area contributed by atoms with Crippen LogP contribution < -0.4 is 15.4 Å². The predicted molar refractivity (Wildman–Crippen MR) is 112 cm³/mol. The van der Waals surface area contributed by atoms with E-state index in [-0.39, 0.29) is 11.8 Å². The number of fused-ring (bicyclic) bond motifs is 1. The van der Waals surface area contributed by atoms with Crippen molar-refractivity contribution in [3.8, 4) is 5.75 Å². The second-order valence-electron chi connectivity index (χ2n) is 7.41. The highest BCUT2D eigenvalue weighted by atomic mass is 16.5. The molecule has 1 aliphatic rings. The number of aromatic amines is 1. The Labute approximate surface area is 168 Å². The van der Waals surface area contributed by atoms with Gasteiger partial charge >= 0.3 is 5.76 Å². The highest BCUT2D eigenvalue weighted by Crippen LogP contribution is 2.27. The van der Waals surface area contributed by atoms with E-state index in [0.29, 0.717) is 43.7 Å². The van der Waals surface area contributed by atoms with E-state index in [2.05, 4.69) is 16.8 Å². The number of oxazole rings is 1. The summed E-state index contributed by atoms with van der Waals surface area (Å²) in [7, 11) is 1.64. The number of amides is 1. The smallest absolute Gasteiger partial charge is 0.417 e. The van der Waals surface area contributed by atoms with Crippen molar-refractivity contribution in [3.63, 3.8) is 0 Å². The number of benzene rings is 2. The minimum Gasteiger partial charge on any atom is -0.497 e. The van der Waals surface area contributed by atoms with Gasteiger partial charge in [0.1, 0.15) is 5.75 Å². The molecular weight excluding hydrogens is 370 g/mol. The van der Waals surface area contributed by atoms with E-state index in [1.165, 1.54) is 0 Å². The van der Waals surface area contributed by atoms with Gasteiger partial charge in [0.05, 0.1) is 18.3 Å². The van der Waals surface area contributed by atoms with Gasteiger partial charge in [-0.25, -0.2) is 4.79 Å². The van der Waals surface area contributed by atoms with Crippen LogP contribution in [0.15, 0.2) is 51.7 Å². The largest absolute Gasteiger partial charge is 0.497 e. The summed E-state index contributed by atoms with van der Waals surface area (Å²) < 4.78 is 10.5. The molecule has 0 spiro atoms. The number of nitrogens with one attached hydrogen (secondary N) is 1. The lowest BCUT2D eigenvalue weighted by molar-refractivity contribution is -0.131. The molecule has 1 atom stereocenters. The first kappa shape index (κ1) is 19.1. The summed E-state index contributed by atoms with van der Waals surface area (Å²) in [6.07, 6.45) is 0.481. The van der Waals surface area contributed by atoms with Crippen LogP contribution in [-0.2, 0) is 4.79 Å². The van der Waals surface area contributed by atoms with Crippen molar-refractivity contribution in [2.75, 3.05) is 38.2 Å². The lowest BCUT2D eigenvalue weighted by atomic mass is 9.97. The molecule has 0 bridgehead atoms. The first-order valence-electron chi connectivity index (χ1n) is 9.83. The Morgan fingerprint density at radius 3 is 2.55 bits per heavy atom. The van der Waals surface area contributed by atoms with Crippen LogP contribution in [0.2, 0.25) is 0 Å². The van der Waals surface area contributed by atoms with Crippen LogP contribution in [-0.4, -0.2) is 49.1 Å². The molecular formula is C22H25N3O4. The minimum absolute atomic E-state index is 0.148. The maximum atomic E-state index is 12.8. The topological polar surface area (TPSA) is 78.8 Å². The molecule has 2 heterocycles. The molecule has 152 valence electrons. The monoisotopic (exact) mass is 395 g/mol. The van der Waals surface area contributed by atoms with Crippen LogP contribution in [0.5, 0.6) is 5.75 Å². The zero-order valence-corrected chi connectivity index (χ0v) is 16.7. The molecule has 0 radical (unpaired) electrons. The number of hydrogen-bond donors (Lipinski definition) is 1. The number of aromatic nitrogens is 1. The molecule has 3 aromatic rings. The number of anilines is 1. The molecule has 1 fully saturated rings. The normalized spacial score (nSPS) is 15.5. The van der Waals surface area contributed by atoms with E-state index in [9.17, 15) is 9.59 Å². The number of ether oxygens (including phenoxy) is 1. The van der Waals surface area contributed by atoms with Gasteiger partial charge < -0.3 is 19.0 Å². The number of rotatable bonds is 5. The fraction of sp³-hybridized carbons (Fsp3) is 0.364. The quantitative estimate of drug-likeness (QED) is 0.719. The molecule has 1 N–H and O–H groups in total. The summed E-state index contributed by atoms with van der Waals surface area (Å²) >= 11 is 0. The summed E-state index contributed by atoms with van der Waals surface area (Å²) in [5.74, 6) is 0.680. The van der Waals surface area contributed by atoms with Gasteiger partial charge in [0.15, 0.2) is 5.58 Å². The fourth-order valence-corrected chi connectivity index (χ4v) is 3.85. The maximum absolute atomic E-state index is 12.8. The average molecular weight is 395 g/mol. The molecule has 1 aromatic heterocycles. The zero-order chi connectivity index (χ0) is 20.4. The van der Waals surface area contributed by atoms with Gasteiger partial charge in [-0.2, -0.15) is 0 Å². The van der Waals surface area contributed by atoms with Crippen molar-refractivity contribution in [2.24, 2.45) is 0 Å². The number of nitrogens with zero attached hydrogens (tertiary/aromatic N) is 2. The van der Waals surface area contributed by atoms with Gasteiger partial charge in [0, 0.05) is 32.6 Å². The predicted octanol–water partition coefficient (Wildman–Crippen LogP) is 2.97. The fourth-order valence-electron chi connectivity index (χ4n) is 3.85. The first-order chi connectivity index (χ1) is 14.0. The van der Waals surface area contributed by atoms with E-state index in [0.717, 1.165) is 17.0 Å². The average Bonchev–Trinajstić information content (AvgIpc) is 3.14. The van der Waals surface area contributed by atoms with Crippen LogP contribution in [0.25, 0.3) is 11.1 Å². The lowest BCUT2D eigenvalue weighted by Gasteiger charge is -2.36. The summed E-state index contributed by atoms with van der Waals surface area (Å²) in [6, 6.07) is 13.5. The molecule has 7 nitrogen and oxygen atoms in total. The Hall–Kier alpha value is -3.22. The van der Waals surface area contributed by atoms with Crippen molar-refractivity contribution in [3.05, 3.63) is 58.6 Å². The number of hydrogen-bond acceptors (Lipinski definition) is 5. The molecule has 4 rings (SSSR count). The van der Waals surface area contributed by atoms with Crippen molar-refractivity contribution in [1.29, 1.82) is 0 Å². The highest BCUT2D eigenvalue weighted by molar-refractivity contribution is 5.86. The Balaban J connectivity index is 1.37. The Morgan fingerprint density at radius 1 is 1.14 bits per heavy atom. The molecule has 1 aliphatic heterocycles. The number of methoxy groups -OCH3 is 1. The molecule has 0 saturated carbocycles. The van der Waals surface area contributed by atoms with Crippen LogP contribution >= 0.6 is 0 Å². The van der Waals surface area contributed by atoms with E-state index in [1.54, 1.807) is 7.11 Å². The molecule has 1 unspecified atom stereocenters. The Bertz CT molecular complexity index is 1050. The standard InChI is InChI=1S/C22H25N3O4/c1-15(16-6-8-17(28-2)9-7-16)14-20(26)25-12-10-24(11-13-25)19-5-3-4-18-21(19)29-22(27)23-18/h3-9,15H,10-14H2,1-2H3,(H,23,27). The van der Waals surface area contributed by atoms with Gasteiger partial charge in [-0.05, 0) is 35.7 Å². The van der Waals surface area contributed by atoms with E-state index in [1.807, 2.05) is 47.4 Å². The van der Waals surface area contributed by atoms with Crippen molar-refractivity contribution in [2.45, 2.75) is 19.3 Å². The van der Waals surface area contributed by atoms with Crippen LogP contribution in [0, 0.1) is 0 Å². The second kappa shape index (κ2) is 8.03. The van der Waals surface area contributed by atoms with Crippen LogP contribution in [0.4, 0.5) is 5.69 Å². The summed E-state index contributed by atoms with van der Waals surface area (Å²) in [4.78, 5) is 31.1. The number of carbonyl (C=O) groups is 1. The maximum Gasteiger partial charge on any atom is 0.417 e. The molecule has 1 amide bonds. The third kappa shape index (κ3) is 3.99. The van der Waals surface area contributed by atoms with Crippen LogP contribution in [0.1, 0.15) is 24.8 Å². The number of carbonyl (C=O) groups excluding carboxylic acids is 1. The number of H-pyrrole nitrogens is 1. The van der Waals surface area contributed by atoms with Crippen molar-refractivity contribution in [1.82, 2.24) is 9.88 Å². The highest BCUT2D eigenvalue weighted by Gasteiger charge is 2.24. The molecule has 1 saturated heterocycles. The third-order valence-corrected chi connectivity index (χ3v) is 5.56. The zero-order valence-electron chi connectivity index (χ0n) is 16.7. The van der Waals surface area contributed by atoms with Crippen LogP contribution in [0.3, 0.4) is 0 Å². The third-order valence-electron chi connectivity index (χ3n) is 5.56. The number of para-hydroxylation sites is 1. The van der Waals surface area contributed by atoms with E-state index in [4.69, 9.17) is 9.15 Å². The molecule has 29 heavy (non-hydrogen) atoms. The SMILES string of the molecule is COc1ccc(C(C)CC(=O)N2CCN(c3cccc4[nH]c(=O)oc34)CC2)cc1. The second-order valence-corrected chi connectivity index (χ2v) is 7.41. The molecule has 2 aromatic carbocycles. The van der Waals surface area contributed by atoms with Crippen molar-refractivity contribution >= 4 is 22.7 Å². The first-order valence-corrected chi connectivity index (χ1v) is 9.83. The number of piperazine rings is 1. The van der Waals surface area contributed by atoms with Gasteiger partial charge in [-0.3, -0.25) is 9.78 Å². The molecule has 7 heteroatoms. The van der Waals surface area contributed by atoms with Gasteiger partial charge in [0.25, 0.3) is 0 Å². The Kier molecular flexibility index (Phi) is 5.29. The van der Waals surface area contributed by atoms with E-state index < -0.39 is 5.76 Å². The lowest BCUT2D eigenvalue weighted by Crippen LogP contribution is -2.49. The van der Waals surface area contributed by atoms with Crippen molar-refractivity contribution < 1.29 is 13.9 Å². The van der Waals surface area contributed by atoms with Gasteiger partial charge in [0.2, 0.25) is 5.91 Å². The minimum atomic E-state index is -0.450. The molecule has 0 aliphatic carbocycles. The Morgan fingerprint density at radius 2 is 1.86 bits per heavy atom.